The van der Waals surface area contributed by atoms with Crippen LogP contribution in [0, 0.1) is 11.6 Å². The smallest absolute Gasteiger partial charge is 0.230 e. The van der Waals surface area contributed by atoms with Crippen LogP contribution in [0.15, 0.2) is 36.5 Å². The first-order valence-electron chi connectivity index (χ1n) is 8.78. The molecule has 0 atom stereocenters. The molecule has 2 aromatic rings. The number of hydrogen-bond donors (Lipinski definition) is 1. The Bertz CT molecular complexity index is 769. The highest BCUT2D eigenvalue weighted by Gasteiger charge is 2.43. The van der Waals surface area contributed by atoms with E-state index in [0.717, 1.165) is 24.5 Å². The fourth-order valence-corrected chi connectivity index (χ4v) is 3.73. The monoisotopic (exact) mass is 360 g/mol. The summed E-state index contributed by atoms with van der Waals surface area (Å²) in [5.74, 6) is -0.953. The third-order valence-electron chi connectivity index (χ3n) is 5.03. The van der Waals surface area contributed by atoms with Crippen LogP contribution >= 0.6 is 0 Å². The first-order chi connectivity index (χ1) is 12.5. The maximum absolute atomic E-state index is 13.7. The molecular formula is C20H22F2N2O2. The number of carbonyl (C=O) groups is 1. The Balaban J connectivity index is 1.73. The molecule has 6 heteroatoms. The largest absolute Gasteiger partial charge is 0.481 e. The molecule has 0 bridgehead atoms. The van der Waals surface area contributed by atoms with Crippen molar-refractivity contribution in [2.75, 3.05) is 13.7 Å². The Labute approximate surface area is 151 Å². The van der Waals surface area contributed by atoms with Gasteiger partial charge in [-0.05, 0) is 43.0 Å². The van der Waals surface area contributed by atoms with Crippen molar-refractivity contribution in [2.24, 2.45) is 0 Å². The van der Waals surface area contributed by atoms with Gasteiger partial charge in [0.05, 0.1) is 12.5 Å². The topological polar surface area (TPSA) is 51.2 Å². The van der Waals surface area contributed by atoms with Crippen molar-refractivity contribution >= 4 is 5.91 Å². The van der Waals surface area contributed by atoms with Crippen LogP contribution in [-0.2, 0) is 16.6 Å². The minimum atomic E-state index is -0.859. The van der Waals surface area contributed by atoms with Crippen LogP contribution in [0.4, 0.5) is 8.78 Å². The molecule has 1 aliphatic rings. The number of amides is 1. The van der Waals surface area contributed by atoms with Crippen molar-refractivity contribution in [3.63, 3.8) is 0 Å². The highest BCUT2D eigenvalue weighted by atomic mass is 19.1. The number of halogens is 2. The van der Waals surface area contributed by atoms with E-state index in [0.29, 0.717) is 37.3 Å². The van der Waals surface area contributed by atoms with Crippen molar-refractivity contribution in [1.29, 1.82) is 0 Å². The van der Waals surface area contributed by atoms with Gasteiger partial charge in [-0.3, -0.25) is 4.79 Å². The molecule has 26 heavy (non-hydrogen) atoms. The number of nitrogens with zero attached hydrogens (tertiary/aromatic N) is 1. The molecule has 0 unspecified atom stereocenters. The molecule has 0 spiro atoms. The molecule has 0 aliphatic heterocycles. The van der Waals surface area contributed by atoms with Crippen LogP contribution in [0.3, 0.4) is 0 Å². The maximum atomic E-state index is 13.7. The average Bonchev–Trinajstić information content (AvgIpc) is 3.12. The molecule has 1 amide bonds. The second kappa shape index (κ2) is 7.81. The standard InChI is InChI=1S/C20H22F2N2O2/c1-26-18-14(5-4-9-23-18)6-10-24-19(25)20(7-2-3-8-20)15-11-16(21)13-17(22)12-15/h4-5,9,11-13H,2-3,6-8,10H2,1H3,(H,24,25). The van der Waals surface area contributed by atoms with Gasteiger partial charge in [-0.25, -0.2) is 13.8 Å². The predicted octanol–water partition coefficient (Wildman–Crippen LogP) is 3.54. The van der Waals surface area contributed by atoms with Crippen LogP contribution in [0.2, 0.25) is 0 Å². The number of ether oxygens (including phenoxy) is 1. The fraction of sp³-hybridized carbons (Fsp3) is 0.400. The van der Waals surface area contributed by atoms with Gasteiger partial charge in [0.25, 0.3) is 0 Å². The summed E-state index contributed by atoms with van der Waals surface area (Å²) >= 11 is 0. The zero-order chi connectivity index (χ0) is 18.6. The van der Waals surface area contributed by atoms with E-state index in [9.17, 15) is 13.6 Å². The van der Waals surface area contributed by atoms with Crippen molar-refractivity contribution in [3.8, 4) is 5.88 Å². The summed E-state index contributed by atoms with van der Waals surface area (Å²) in [5, 5.41) is 2.94. The van der Waals surface area contributed by atoms with Gasteiger partial charge >= 0.3 is 0 Å². The second-order valence-electron chi connectivity index (χ2n) is 6.63. The Morgan fingerprint density at radius 2 is 1.92 bits per heavy atom. The lowest BCUT2D eigenvalue weighted by Gasteiger charge is -2.28. The summed E-state index contributed by atoms with van der Waals surface area (Å²) in [6, 6.07) is 7.09. The number of benzene rings is 1. The number of carbonyl (C=O) groups excluding carboxylic acids is 1. The number of methoxy groups -OCH3 is 1. The van der Waals surface area contributed by atoms with Crippen LogP contribution in [0.1, 0.15) is 36.8 Å². The van der Waals surface area contributed by atoms with Crippen LogP contribution in [-0.4, -0.2) is 24.5 Å². The Morgan fingerprint density at radius 3 is 2.58 bits per heavy atom. The fourth-order valence-electron chi connectivity index (χ4n) is 3.73. The van der Waals surface area contributed by atoms with E-state index in [1.165, 1.54) is 12.1 Å². The molecule has 1 saturated carbocycles. The summed E-state index contributed by atoms with van der Waals surface area (Å²) in [6.07, 6.45) is 5.13. The summed E-state index contributed by atoms with van der Waals surface area (Å²) in [7, 11) is 1.55. The normalized spacial score (nSPS) is 15.7. The molecule has 3 rings (SSSR count). The van der Waals surface area contributed by atoms with Gasteiger partial charge in [-0.15, -0.1) is 0 Å². The molecule has 1 aliphatic carbocycles. The molecule has 138 valence electrons. The van der Waals surface area contributed by atoms with Crippen LogP contribution in [0.5, 0.6) is 5.88 Å². The number of nitrogens with one attached hydrogen (secondary N) is 1. The van der Waals surface area contributed by atoms with Gasteiger partial charge in [0, 0.05) is 24.4 Å². The van der Waals surface area contributed by atoms with Crippen molar-refractivity contribution in [3.05, 3.63) is 59.3 Å². The quantitative estimate of drug-likeness (QED) is 0.857. The first kappa shape index (κ1) is 18.3. The van der Waals surface area contributed by atoms with Crippen molar-refractivity contribution in [1.82, 2.24) is 10.3 Å². The zero-order valence-corrected chi connectivity index (χ0v) is 14.7. The summed E-state index contributed by atoms with van der Waals surface area (Å²) < 4.78 is 32.6. The van der Waals surface area contributed by atoms with Gasteiger partial charge in [0.2, 0.25) is 11.8 Å². The van der Waals surface area contributed by atoms with E-state index >= 15 is 0 Å². The Hall–Kier alpha value is -2.50. The second-order valence-corrected chi connectivity index (χ2v) is 6.63. The highest BCUT2D eigenvalue weighted by molar-refractivity contribution is 5.88. The van der Waals surface area contributed by atoms with Gasteiger partial charge in [-0.1, -0.05) is 18.9 Å². The molecule has 1 fully saturated rings. The molecule has 0 saturated heterocycles. The van der Waals surface area contributed by atoms with Gasteiger partial charge in [0.1, 0.15) is 11.6 Å². The van der Waals surface area contributed by atoms with E-state index in [1.54, 1.807) is 13.3 Å². The lowest BCUT2D eigenvalue weighted by molar-refractivity contribution is -0.126. The Kier molecular flexibility index (Phi) is 5.49. The van der Waals surface area contributed by atoms with E-state index < -0.39 is 17.0 Å². The minimum absolute atomic E-state index is 0.178. The number of aromatic nitrogens is 1. The number of pyridine rings is 1. The van der Waals surface area contributed by atoms with Crippen molar-refractivity contribution in [2.45, 2.75) is 37.5 Å². The SMILES string of the molecule is COc1ncccc1CCNC(=O)C1(c2cc(F)cc(F)c2)CCCC1. The molecular weight excluding hydrogens is 338 g/mol. The summed E-state index contributed by atoms with van der Waals surface area (Å²) in [5.41, 5.74) is 0.457. The zero-order valence-electron chi connectivity index (χ0n) is 14.7. The average molecular weight is 360 g/mol. The van der Waals surface area contributed by atoms with Gasteiger partial charge in [0.15, 0.2) is 0 Å². The van der Waals surface area contributed by atoms with Gasteiger partial charge < -0.3 is 10.1 Å². The van der Waals surface area contributed by atoms with Crippen molar-refractivity contribution < 1.29 is 18.3 Å². The molecule has 1 aromatic heterocycles. The summed E-state index contributed by atoms with van der Waals surface area (Å²) in [4.78, 5) is 17.1. The van der Waals surface area contributed by atoms with E-state index in [4.69, 9.17) is 4.74 Å². The van der Waals surface area contributed by atoms with Crippen LogP contribution < -0.4 is 10.1 Å². The third-order valence-corrected chi connectivity index (χ3v) is 5.03. The lowest BCUT2D eigenvalue weighted by atomic mass is 9.78. The maximum Gasteiger partial charge on any atom is 0.230 e. The lowest BCUT2D eigenvalue weighted by Crippen LogP contribution is -2.43. The molecule has 0 radical (unpaired) electrons. The third kappa shape index (κ3) is 3.69. The highest BCUT2D eigenvalue weighted by Crippen LogP contribution is 2.41. The Morgan fingerprint density at radius 1 is 1.23 bits per heavy atom. The van der Waals surface area contributed by atoms with Gasteiger partial charge in [-0.2, -0.15) is 0 Å². The minimum Gasteiger partial charge on any atom is -0.481 e. The molecule has 1 heterocycles. The van der Waals surface area contributed by atoms with Crippen LogP contribution in [0.25, 0.3) is 0 Å². The predicted molar refractivity (Wildman–Crippen MR) is 94.0 cm³/mol. The van der Waals surface area contributed by atoms with E-state index in [1.807, 2.05) is 12.1 Å². The number of rotatable bonds is 6. The molecule has 1 N–H and O–H groups in total. The van der Waals surface area contributed by atoms with E-state index in [2.05, 4.69) is 10.3 Å². The number of hydrogen-bond acceptors (Lipinski definition) is 3. The molecule has 1 aromatic carbocycles. The molecule has 4 nitrogen and oxygen atoms in total. The van der Waals surface area contributed by atoms with E-state index in [-0.39, 0.29) is 5.91 Å². The first-order valence-corrected chi connectivity index (χ1v) is 8.78. The summed E-state index contributed by atoms with van der Waals surface area (Å²) in [6.45, 7) is 0.403.